The highest BCUT2D eigenvalue weighted by Gasteiger charge is 2.65. The lowest BCUT2D eigenvalue weighted by Gasteiger charge is -2.28. The van der Waals surface area contributed by atoms with Gasteiger partial charge in [-0.05, 0) is 83.9 Å². The number of carbonyl (C=O) groups is 2. The van der Waals surface area contributed by atoms with Gasteiger partial charge in [-0.3, -0.25) is 24.5 Å². The van der Waals surface area contributed by atoms with Crippen LogP contribution in [0.3, 0.4) is 0 Å². The van der Waals surface area contributed by atoms with Crippen molar-refractivity contribution in [2.24, 2.45) is 11.8 Å². The Bertz CT molecular complexity index is 1960. The summed E-state index contributed by atoms with van der Waals surface area (Å²) < 4.78 is 28.3. The Morgan fingerprint density at radius 3 is 2.00 bits per heavy atom. The van der Waals surface area contributed by atoms with Crippen LogP contribution in [0, 0.1) is 23.2 Å². The number of halogens is 1. The second kappa shape index (κ2) is 12.0. The minimum absolute atomic E-state index is 0.103. The molecule has 2 atom stereocenters. The zero-order valence-electron chi connectivity index (χ0n) is 25.0. The van der Waals surface area contributed by atoms with E-state index in [1.54, 1.807) is 66.1 Å². The monoisotopic (exact) mass is 664 g/mol. The van der Waals surface area contributed by atoms with Crippen molar-refractivity contribution in [3.8, 4) is 6.07 Å². The van der Waals surface area contributed by atoms with E-state index < -0.39 is 15.6 Å². The van der Waals surface area contributed by atoms with E-state index in [4.69, 9.17) is 11.6 Å². The number of pyridine rings is 2. The lowest BCUT2D eigenvalue weighted by molar-refractivity contribution is -0.132. The van der Waals surface area contributed by atoms with Crippen molar-refractivity contribution in [2.45, 2.75) is 29.3 Å². The zero-order valence-corrected chi connectivity index (χ0v) is 26.6. The Labute approximate surface area is 277 Å². The van der Waals surface area contributed by atoms with Crippen LogP contribution in [0.5, 0.6) is 0 Å². The molecule has 3 fully saturated rings. The van der Waals surface area contributed by atoms with Crippen LogP contribution in [0.4, 0.5) is 0 Å². The number of nitriles is 1. The van der Waals surface area contributed by atoms with E-state index in [1.165, 1.54) is 22.5 Å². The van der Waals surface area contributed by atoms with Gasteiger partial charge in [0.05, 0.1) is 16.5 Å². The number of benzene rings is 2. The molecule has 2 aliphatic heterocycles. The van der Waals surface area contributed by atoms with Gasteiger partial charge in [-0.1, -0.05) is 11.6 Å². The summed E-state index contributed by atoms with van der Waals surface area (Å²) in [6, 6.07) is 21.6. The van der Waals surface area contributed by atoms with E-state index in [2.05, 4.69) is 21.4 Å². The first kappa shape index (κ1) is 30.7. The van der Waals surface area contributed by atoms with Gasteiger partial charge in [0.2, 0.25) is 10.0 Å². The fourth-order valence-corrected chi connectivity index (χ4v) is 8.45. The van der Waals surface area contributed by atoms with Crippen molar-refractivity contribution >= 4 is 33.3 Å². The molecule has 10 nitrogen and oxygen atoms in total. The molecule has 1 saturated carbocycles. The summed E-state index contributed by atoms with van der Waals surface area (Å²) in [5.41, 5.74) is 1.47. The number of aromatic nitrogens is 2. The Balaban J connectivity index is 1.23. The summed E-state index contributed by atoms with van der Waals surface area (Å²) in [6.07, 6.45) is 8.81. The average Bonchev–Trinajstić information content (AvgIpc) is 3.41. The van der Waals surface area contributed by atoms with Crippen LogP contribution >= 0.6 is 11.6 Å². The fourth-order valence-electron chi connectivity index (χ4n) is 6.81. The third-order valence-electron chi connectivity index (χ3n) is 9.20. The molecule has 2 aromatic carbocycles. The fraction of sp³-hybridized carbons (Fsp3) is 0.229. The van der Waals surface area contributed by atoms with Crippen molar-refractivity contribution in [2.75, 3.05) is 13.1 Å². The minimum Gasteiger partial charge on any atom is -0.357 e. The zero-order chi connectivity index (χ0) is 32.8. The van der Waals surface area contributed by atoms with Gasteiger partial charge in [0.15, 0.2) is 5.78 Å². The van der Waals surface area contributed by atoms with E-state index in [9.17, 15) is 23.3 Å². The number of nitrogens with zero attached hydrogens (tertiary/aromatic N) is 5. The van der Waals surface area contributed by atoms with Crippen molar-refractivity contribution in [3.05, 3.63) is 137 Å². The maximum absolute atomic E-state index is 14.8. The lowest BCUT2D eigenvalue weighted by Crippen LogP contribution is -2.51. The molecule has 7 rings (SSSR count). The number of ketones is 1. The van der Waals surface area contributed by atoms with Crippen molar-refractivity contribution < 1.29 is 18.0 Å². The number of piperidine rings is 1. The Kier molecular flexibility index (Phi) is 7.88. The quantitative estimate of drug-likeness (QED) is 0.210. The van der Waals surface area contributed by atoms with E-state index in [0.717, 1.165) is 11.1 Å². The molecule has 236 valence electrons. The summed E-state index contributed by atoms with van der Waals surface area (Å²) in [7, 11) is -3.74. The van der Waals surface area contributed by atoms with Crippen molar-refractivity contribution in [3.63, 3.8) is 0 Å². The number of allylic oxidation sites excluding steroid dienone is 1. The standard InChI is InChI=1S/C35H29ClN6O4S/c36-27-5-7-28(8-6-27)47(45,46)41-21-29-30(22-41)33(29)42-32(17-31(43)26-3-1-25(20-37)2-4-26)40-35(34(42)44,18-23-9-13-38-14-10-23)19-24-11-15-39-16-12-24/h1-17,29-30,33,40H,18-19,21-22H2. The lowest BCUT2D eigenvalue weighted by atomic mass is 9.85. The Morgan fingerprint density at radius 1 is 0.915 bits per heavy atom. The summed E-state index contributed by atoms with van der Waals surface area (Å²) in [4.78, 5) is 38.5. The van der Waals surface area contributed by atoms with Crippen molar-refractivity contribution in [1.82, 2.24) is 24.5 Å². The van der Waals surface area contributed by atoms with Gasteiger partial charge in [0.1, 0.15) is 11.4 Å². The van der Waals surface area contributed by atoms with Crippen LogP contribution in [0.1, 0.15) is 27.0 Å². The van der Waals surface area contributed by atoms with Gasteiger partial charge in [-0.25, -0.2) is 8.42 Å². The molecule has 2 unspecified atom stereocenters. The van der Waals surface area contributed by atoms with Gasteiger partial charge in [-0.2, -0.15) is 9.57 Å². The molecule has 1 amide bonds. The summed E-state index contributed by atoms with van der Waals surface area (Å²) in [5, 5.41) is 13.1. The van der Waals surface area contributed by atoms with Crippen LogP contribution in [0.15, 0.2) is 114 Å². The van der Waals surface area contributed by atoms with E-state index in [1.807, 2.05) is 24.3 Å². The summed E-state index contributed by atoms with van der Waals surface area (Å²) >= 11 is 5.98. The highest BCUT2D eigenvalue weighted by molar-refractivity contribution is 7.89. The molecule has 1 aliphatic carbocycles. The minimum atomic E-state index is -3.74. The van der Waals surface area contributed by atoms with Crippen LogP contribution in [-0.2, 0) is 27.7 Å². The number of carbonyl (C=O) groups excluding carboxylic acids is 2. The van der Waals surface area contributed by atoms with Gasteiger partial charge in [-0.15, -0.1) is 0 Å². The predicted octanol–water partition coefficient (Wildman–Crippen LogP) is 4.00. The molecular weight excluding hydrogens is 636 g/mol. The molecular formula is C35H29ClN6O4S. The van der Waals surface area contributed by atoms with Gasteiger partial charge >= 0.3 is 0 Å². The molecule has 12 heteroatoms. The highest BCUT2D eigenvalue weighted by atomic mass is 35.5. The largest absolute Gasteiger partial charge is 0.357 e. The van der Waals surface area contributed by atoms with Gasteiger partial charge < -0.3 is 5.32 Å². The second-order valence-corrected chi connectivity index (χ2v) is 14.5. The van der Waals surface area contributed by atoms with E-state index in [-0.39, 0.29) is 47.6 Å². The average molecular weight is 665 g/mol. The maximum Gasteiger partial charge on any atom is 0.254 e. The third kappa shape index (κ3) is 5.80. The number of amides is 1. The van der Waals surface area contributed by atoms with Crippen LogP contribution in [-0.4, -0.2) is 64.0 Å². The number of nitrogens with one attached hydrogen (secondary N) is 1. The molecule has 4 heterocycles. The van der Waals surface area contributed by atoms with E-state index >= 15 is 0 Å². The molecule has 4 aromatic rings. The van der Waals surface area contributed by atoms with Crippen LogP contribution in [0.25, 0.3) is 0 Å². The number of sulfonamides is 1. The first-order valence-corrected chi connectivity index (χ1v) is 16.9. The predicted molar refractivity (Wildman–Crippen MR) is 173 cm³/mol. The topological polar surface area (TPSA) is 136 Å². The molecule has 0 bridgehead atoms. The summed E-state index contributed by atoms with van der Waals surface area (Å²) in [5.74, 6) is -0.338. The number of hydrogen-bond acceptors (Lipinski definition) is 8. The first-order valence-electron chi connectivity index (χ1n) is 15.1. The highest BCUT2D eigenvalue weighted by Crippen LogP contribution is 2.53. The molecule has 3 aliphatic rings. The summed E-state index contributed by atoms with van der Waals surface area (Å²) in [6.45, 7) is 0.505. The van der Waals surface area contributed by atoms with Gasteiger partial charge in [0, 0.05) is 85.3 Å². The molecule has 2 aromatic heterocycles. The third-order valence-corrected chi connectivity index (χ3v) is 11.3. The number of fused-ring (bicyclic) bond motifs is 1. The SMILES string of the molecule is N#Cc1ccc(C(=O)C=C2NC(Cc3ccncc3)(Cc3ccncc3)C(=O)N2C2C3CN(S(=O)(=O)c4ccc(Cl)cc4)CC32)cc1. The Morgan fingerprint density at radius 2 is 1.47 bits per heavy atom. The van der Waals surface area contributed by atoms with Gasteiger partial charge in [0.25, 0.3) is 5.91 Å². The number of hydrogen-bond donors (Lipinski definition) is 1. The second-order valence-electron chi connectivity index (χ2n) is 12.1. The number of rotatable bonds is 9. The maximum atomic E-state index is 14.8. The Hall–Kier alpha value is -4.89. The normalized spacial score (nSPS) is 22.5. The molecule has 0 radical (unpaired) electrons. The van der Waals surface area contributed by atoms with Crippen molar-refractivity contribution in [1.29, 1.82) is 5.26 Å². The molecule has 1 N–H and O–H groups in total. The van der Waals surface area contributed by atoms with E-state index in [0.29, 0.717) is 34.8 Å². The smallest absolute Gasteiger partial charge is 0.254 e. The molecule has 47 heavy (non-hydrogen) atoms. The van der Waals surface area contributed by atoms with Crippen LogP contribution < -0.4 is 5.32 Å². The van der Waals surface area contributed by atoms with Crippen LogP contribution in [0.2, 0.25) is 5.02 Å². The molecule has 0 spiro atoms. The molecule has 2 saturated heterocycles. The first-order chi connectivity index (χ1) is 22.7.